The molecule has 3 aromatic rings. The normalized spacial score (nSPS) is 14.4. The molecule has 5 nitrogen and oxygen atoms in total. The van der Waals surface area contributed by atoms with Gasteiger partial charge in [0.1, 0.15) is 0 Å². The van der Waals surface area contributed by atoms with Gasteiger partial charge in [-0.3, -0.25) is 9.13 Å². The zero-order valence-electron chi connectivity index (χ0n) is 20.2. The van der Waals surface area contributed by atoms with Crippen molar-refractivity contribution in [3.8, 4) is 11.1 Å². The van der Waals surface area contributed by atoms with E-state index < -0.39 is 5.97 Å². The minimum absolute atomic E-state index is 0.0854. The van der Waals surface area contributed by atoms with Crippen LogP contribution in [0, 0.1) is 5.92 Å². The number of aryl methyl sites for hydroxylation is 2. The highest BCUT2D eigenvalue weighted by Crippen LogP contribution is 2.27. The smallest absolute Gasteiger partial charge is 0.336 e. The van der Waals surface area contributed by atoms with Crippen molar-refractivity contribution in [2.24, 2.45) is 5.92 Å². The SMILES string of the molecule is CCCCc1cn(CCC2CCCCC2)c(=O)n1Cc1ccc(-c2ccccc2C(=O)O)cc1. The number of imidazole rings is 1. The molecule has 0 amide bonds. The van der Waals surface area contributed by atoms with Crippen LogP contribution in [-0.4, -0.2) is 20.2 Å². The van der Waals surface area contributed by atoms with Gasteiger partial charge >= 0.3 is 11.7 Å². The Balaban J connectivity index is 1.53. The minimum atomic E-state index is -0.929. The Morgan fingerprint density at radius 2 is 1.76 bits per heavy atom. The number of hydrogen-bond acceptors (Lipinski definition) is 2. The van der Waals surface area contributed by atoms with Crippen molar-refractivity contribution < 1.29 is 9.90 Å². The van der Waals surface area contributed by atoms with Crippen LogP contribution in [0.3, 0.4) is 0 Å². The standard InChI is InChI=1S/C29H36N2O3/c1-2-3-11-25-21-30(19-18-22-9-5-4-6-10-22)29(34)31(25)20-23-14-16-24(17-15-23)26-12-7-8-13-27(26)28(32)33/h7-8,12-17,21-22H,2-6,9-11,18-20H2,1H3,(H,32,33). The Morgan fingerprint density at radius 3 is 2.47 bits per heavy atom. The van der Waals surface area contributed by atoms with Gasteiger partial charge in [0.05, 0.1) is 12.1 Å². The first-order valence-corrected chi connectivity index (χ1v) is 12.8. The summed E-state index contributed by atoms with van der Waals surface area (Å²) in [7, 11) is 0. The third-order valence-electron chi connectivity index (χ3n) is 7.18. The molecule has 1 fully saturated rings. The maximum Gasteiger partial charge on any atom is 0.336 e. The van der Waals surface area contributed by atoms with Gasteiger partial charge in [-0.05, 0) is 47.9 Å². The molecule has 0 saturated heterocycles. The molecule has 0 bridgehead atoms. The lowest BCUT2D eigenvalue weighted by Gasteiger charge is -2.21. The first-order valence-electron chi connectivity index (χ1n) is 12.8. The number of benzene rings is 2. The second-order valence-corrected chi connectivity index (χ2v) is 9.63. The number of unbranched alkanes of at least 4 members (excludes halogenated alkanes) is 1. The van der Waals surface area contributed by atoms with Crippen molar-refractivity contribution in [2.45, 2.75) is 77.8 Å². The molecule has 2 aromatic carbocycles. The van der Waals surface area contributed by atoms with Crippen molar-refractivity contribution in [2.75, 3.05) is 0 Å². The van der Waals surface area contributed by atoms with Crippen molar-refractivity contribution in [1.82, 2.24) is 9.13 Å². The van der Waals surface area contributed by atoms with E-state index in [-0.39, 0.29) is 5.69 Å². The summed E-state index contributed by atoms with van der Waals surface area (Å²) in [6.45, 7) is 3.52. The monoisotopic (exact) mass is 460 g/mol. The highest BCUT2D eigenvalue weighted by atomic mass is 16.4. The molecule has 0 unspecified atom stereocenters. The molecular formula is C29H36N2O3. The highest BCUT2D eigenvalue weighted by Gasteiger charge is 2.16. The molecule has 4 rings (SSSR count). The Morgan fingerprint density at radius 1 is 1.03 bits per heavy atom. The lowest BCUT2D eigenvalue weighted by molar-refractivity contribution is 0.0697. The quantitative estimate of drug-likeness (QED) is 0.382. The molecule has 1 aliphatic carbocycles. The number of carbonyl (C=O) groups is 1. The average Bonchev–Trinajstić information content (AvgIpc) is 3.16. The number of nitrogens with zero attached hydrogens (tertiary/aromatic N) is 2. The van der Waals surface area contributed by atoms with Crippen LogP contribution in [0.5, 0.6) is 0 Å². The van der Waals surface area contributed by atoms with Crippen molar-refractivity contribution in [3.05, 3.63) is 82.0 Å². The summed E-state index contributed by atoms with van der Waals surface area (Å²) >= 11 is 0. The maximum absolute atomic E-state index is 13.3. The molecule has 34 heavy (non-hydrogen) atoms. The van der Waals surface area contributed by atoms with Gasteiger partial charge < -0.3 is 5.11 Å². The van der Waals surface area contributed by atoms with Crippen LogP contribution in [-0.2, 0) is 19.5 Å². The predicted octanol–water partition coefficient (Wildman–Crippen LogP) is 6.38. The van der Waals surface area contributed by atoms with E-state index in [1.807, 2.05) is 45.5 Å². The number of aromatic nitrogens is 2. The molecule has 5 heteroatoms. The Hall–Kier alpha value is -3.08. The zero-order chi connectivity index (χ0) is 23.9. The highest BCUT2D eigenvalue weighted by molar-refractivity contribution is 5.95. The molecule has 0 aliphatic heterocycles. The van der Waals surface area contributed by atoms with Gasteiger partial charge in [0, 0.05) is 18.4 Å². The Kier molecular flexibility index (Phi) is 8.04. The summed E-state index contributed by atoms with van der Waals surface area (Å²) in [4.78, 5) is 24.9. The molecule has 0 radical (unpaired) electrons. The van der Waals surface area contributed by atoms with Gasteiger partial charge in [0.25, 0.3) is 0 Å². The molecule has 0 spiro atoms. The molecular weight excluding hydrogens is 424 g/mol. The third kappa shape index (κ3) is 5.69. The van der Waals surface area contributed by atoms with E-state index in [1.165, 1.54) is 32.1 Å². The first kappa shape index (κ1) is 24.1. The fraction of sp³-hybridized carbons (Fsp3) is 0.448. The van der Waals surface area contributed by atoms with Crippen molar-refractivity contribution in [3.63, 3.8) is 0 Å². The van der Waals surface area contributed by atoms with Gasteiger partial charge in [0.2, 0.25) is 0 Å². The fourth-order valence-corrected chi connectivity index (χ4v) is 5.16. The van der Waals surface area contributed by atoms with Crippen LogP contribution in [0.25, 0.3) is 11.1 Å². The lowest BCUT2D eigenvalue weighted by atomic mass is 9.87. The van der Waals surface area contributed by atoms with E-state index in [2.05, 4.69) is 13.1 Å². The van der Waals surface area contributed by atoms with Crippen LogP contribution in [0.4, 0.5) is 0 Å². The molecule has 0 atom stereocenters. The molecule has 1 saturated carbocycles. The van der Waals surface area contributed by atoms with Gasteiger partial charge in [-0.1, -0.05) is 87.9 Å². The van der Waals surface area contributed by atoms with E-state index in [1.54, 1.807) is 12.1 Å². The van der Waals surface area contributed by atoms with Crippen molar-refractivity contribution >= 4 is 5.97 Å². The summed E-state index contributed by atoms with van der Waals surface area (Å²) in [6.07, 6.45) is 12.9. The molecule has 1 heterocycles. The topological polar surface area (TPSA) is 64.2 Å². The number of carboxylic acids is 1. The summed E-state index contributed by atoms with van der Waals surface area (Å²) in [5.74, 6) is -0.175. The second kappa shape index (κ2) is 11.4. The third-order valence-corrected chi connectivity index (χ3v) is 7.18. The maximum atomic E-state index is 13.3. The van der Waals surface area contributed by atoms with Crippen LogP contribution < -0.4 is 5.69 Å². The largest absolute Gasteiger partial charge is 0.478 e. The number of aromatic carboxylic acids is 1. The van der Waals surface area contributed by atoms with E-state index >= 15 is 0 Å². The number of hydrogen-bond donors (Lipinski definition) is 1. The van der Waals surface area contributed by atoms with Crippen LogP contribution >= 0.6 is 0 Å². The van der Waals surface area contributed by atoms with E-state index in [0.717, 1.165) is 55.0 Å². The molecule has 1 aromatic heterocycles. The molecule has 1 N–H and O–H groups in total. The van der Waals surface area contributed by atoms with Crippen LogP contribution in [0.15, 0.2) is 59.5 Å². The number of rotatable bonds is 10. The van der Waals surface area contributed by atoms with E-state index in [9.17, 15) is 14.7 Å². The Bertz CT molecular complexity index is 1150. The van der Waals surface area contributed by atoms with Crippen LogP contribution in [0.1, 0.15) is 79.9 Å². The summed E-state index contributed by atoms with van der Waals surface area (Å²) in [5, 5.41) is 9.50. The van der Waals surface area contributed by atoms with Crippen LogP contribution in [0.2, 0.25) is 0 Å². The van der Waals surface area contributed by atoms with E-state index in [0.29, 0.717) is 17.7 Å². The number of carboxylic acid groups (broad SMARTS) is 1. The second-order valence-electron chi connectivity index (χ2n) is 9.63. The van der Waals surface area contributed by atoms with Gasteiger partial charge in [-0.2, -0.15) is 0 Å². The first-order chi connectivity index (χ1) is 16.6. The summed E-state index contributed by atoms with van der Waals surface area (Å²) in [6, 6.07) is 15.0. The lowest BCUT2D eigenvalue weighted by Crippen LogP contribution is -2.26. The predicted molar refractivity (Wildman–Crippen MR) is 136 cm³/mol. The van der Waals surface area contributed by atoms with Gasteiger partial charge in [-0.15, -0.1) is 0 Å². The summed E-state index contributed by atoms with van der Waals surface area (Å²) in [5.41, 5.74) is 4.10. The van der Waals surface area contributed by atoms with Gasteiger partial charge in [-0.25, -0.2) is 9.59 Å². The summed E-state index contributed by atoms with van der Waals surface area (Å²) < 4.78 is 3.85. The minimum Gasteiger partial charge on any atom is -0.478 e. The molecule has 1 aliphatic rings. The van der Waals surface area contributed by atoms with Crippen molar-refractivity contribution in [1.29, 1.82) is 0 Å². The zero-order valence-corrected chi connectivity index (χ0v) is 20.2. The average molecular weight is 461 g/mol. The fourth-order valence-electron chi connectivity index (χ4n) is 5.16. The molecule has 180 valence electrons. The van der Waals surface area contributed by atoms with E-state index in [4.69, 9.17) is 0 Å². The van der Waals surface area contributed by atoms with Gasteiger partial charge in [0.15, 0.2) is 0 Å². The Labute approximate surface area is 202 Å².